The summed E-state index contributed by atoms with van der Waals surface area (Å²) in [6, 6.07) is 5.42. The van der Waals surface area contributed by atoms with E-state index >= 15 is 0 Å². The quantitative estimate of drug-likeness (QED) is 0.722. The number of hydrogen-bond acceptors (Lipinski definition) is 4. The second-order valence-electron chi connectivity index (χ2n) is 5.11. The minimum absolute atomic E-state index is 0.372. The van der Waals surface area contributed by atoms with E-state index in [4.69, 9.17) is 0 Å². The van der Waals surface area contributed by atoms with Gasteiger partial charge in [0.15, 0.2) is 0 Å². The fourth-order valence-electron chi connectivity index (χ4n) is 2.01. The molecule has 21 heavy (non-hydrogen) atoms. The molecule has 1 rings (SSSR count). The van der Waals surface area contributed by atoms with Gasteiger partial charge in [-0.2, -0.15) is 0 Å². The predicted molar refractivity (Wildman–Crippen MR) is 86.9 cm³/mol. The first-order valence-electron chi connectivity index (χ1n) is 7.39. The number of hydrogen-bond donors (Lipinski definition) is 2. The Kier molecular flexibility index (Phi) is 7.31. The molecule has 0 bridgehead atoms. The molecule has 6 heteroatoms. The Morgan fingerprint density at radius 1 is 1.24 bits per heavy atom. The van der Waals surface area contributed by atoms with Crippen LogP contribution >= 0.6 is 0 Å². The molecule has 1 aromatic carbocycles. The predicted octanol–water partition coefficient (Wildman–Crippen LogP) is 1.33. The zero-order valence-electron chi connectivity index (χ0n) is 13.4. The number of nitrogens with zero attached hydrogens (tertiary/aromatic N) is 1. The largest absolute Gasteiger partial charge is 0.313 e. The average Bonchev–Trinajstić information content (AvgIpc) is 2.45. The minimum atomic E-state index is -3.45. The lowest BCUT2D eigenvalue weighted by molar-refractivity contribution is 0.358. The fraction of sp³-hybridized carbons (Fsp3) is 0.600. The molecule has 0 atom stereocenters. The average molecular weight is 313 g/mol. The molecule has 0 aliphatic heterocycles. The minimum Gasteiger partial charge on any atom is -0.313 e. The second-order valence-corrected chi connectivity index (χ2v) is 6.85. The van der Waals surface area contributed by atoms with Gasteiger partial charge in [-0.05, 0) is 44.3 Å². The van der Waals surface area contributed by atoms with Crippen molar-refractivity contribution in [1.29, 1.82) is 0 Å². The van der Waals surface area contributed by atoms with Gasteiger partial charge in [0.05, 0.1) is 4.90 Å². The van der Waals surface area contributed by atoms with Crippen molar-refractivity contribution < 1.29 is 8.42 Å². The summed E-state index contributed by atoms with van der Waals surface area (Å²) >= 11 is 0. The SMILES string of the molecule is CCNCc1cccc(S(=O)(=O)NCCN(C)CC)c1C. The molecule has 0 aliphatic rings. The molecule has 0 unspecified atom stereocenters. The van der Waals surface area contributed by atoms with Crippen LogP contribution in [-0.2, 0) is 16.6 Å². The van der Waals surface area contributed by atoms with E-state index in [0.29, 0.717) is 24.5 Å². The third-order valence-corrected chi connectivity index (χ3v) is 5.18. The Morgan fingerprint density at radius 2 is 1.95 bits per heavy atom. The smallest absolute Gasteiger partial charge is 0.240 e. The lowest BCUT2D eigenvalue weighted by Gasteiger charge is -2.16. The Labute approximate surface area is 128 Å². The maximum atomic E-state index is 12.4. The van der Waals surface area contributed by atoms with E-state index in [1.807, 2.05) is 33.9 Å². The highest BCUT2D eigenvalue weighted by Gasteiger charge is 2.17. The molecular weight excluding hydrogens is 286 g/mol. The number of likely N-dealkylation sites (N-methyl/N-ethyl adjacent to an activating group) is 1. The zero-order chi connectivity index (χ0) is 15.9. The van der Waals surface area contributed by atoms with E-state index in [2.05, 4.69) is 14.9 Å². The maximum Gasteiger partial charge on any atom is 0.240 e. The van der Waals surface area contributed by atoms with Crippen LogP contribution in [0.1, 0.15) is 25.0 Å². The first kappa shape index (κ1) is 18.1. The number of nitrogens with one attached hydrogen (secondary N) is 2. The Morgan fingerprint density at radius 3 is 2.57 bits per heavy atom. The zero-order valence-corrected chi connectivity index (χ0v) is 14.3. The van der Waals surface area contributed by atoms with Crippen LogP contribution in [-0.4, -0.2) is 46.5 Å². The molecule has 2 N–H and O–H groups in total. The first-order valence-corrected chi connectivity index (χ1v) is 8.88. The number of sulfonamides is 1. The molecule has 5 nitrogen and oxygen atoms in total. The summed E-state index contributed by atoms with van der Waals surface area (Å²) in [4.78, 5) is 2.44. The molecule has 0 aliphatic carbocycles. The molecule has 0 radical (unpaired) electrons. The normalized spacial score (nSPS) is 12.0. The van der Waals surface area contributed by atoms with Crippen LogP contribution in [0.2, 0.25) is 0 Å². The third kappa shape index (κ3) is 5.39. The van der Waals surface area contributed by atoms with E-state index in [1.165, 1.54) is 0 Å². The van der Waals surface area contributed by atoms with E-state index in [0.717, 1.165) is 24.2 Å². The van der Waals surface area contributed by atoms with E-state index < -0.39 is 10.0 Å². The van der Waals surface area contributed by atoms with E-state index in [9.17, 15) is 8.42 Å². The summed E-state index contributed by atoms with van der Waals surface area (Å²) in [7, 11) is -1.48. The van der Waals surface area contributed by atoms with Crippen LogP contribution in [0.15, 0.2) is 23.1 Å². The van der Waals surface area contributed by atoms with Crippen molar-refractivity contribution in [2.45, 2.75) is 32.2 Å². The van der Waals surface area contributed by atoms with E-state index in [-0.39, 0.29) is 0 Å². The topological polar surface area (TPSA) is 61.4 Å². The van der Waals surface area contributed by atoms with Gasteiger partial charge >= 0.3 is 0 Å². The number of rotatable bonds is 9. The van der Waals surface area contributed by atoms with Crippen LogP contribution in [0.4, 0.5) is 0 Å². The van der Waals surface area contributed by atoms with Gasteiger partial charge in [-0.3, -0.25) is 0 Å². The van der Waals surface area contributed by atoms with Crippen LogP contribution < -0.4 is 10.0 Å². The van der Waals surface area contributed by atoms with E-state index in [1.54, 1.807) is 12.1 Å². The summed E-state index contributed by atoms with van der Waals surface area (Å²) in [5, 5.41) is 3.23. The van der Waals surface area contributed by atoms with Gasteiger partial charge in [-0.25, -0.2) is 13.1 Å². The van der Waals surface area contributed by atoms with Gasteiger partial charge in [0.2, 0.25) is 10.0 Å². The van der Waals surface area contributed by atoms with Crippen LogP contribution in [0, 0.1) is 6.92 Å². The summed E-state index contributed by atoms with van der Waals surface area (Å²) in [6.45, 7) is 9.50. The standard InChI is InChI=1S/C15H27N3O2S/c1-5-16-12-14-8-7-9-15(13(14)3)21(19,20)17-10-11-18(4)6-2/h7-9,16-17H,5-6,10-12H2,1-4H3. The van der Waals surface area contributed by atoms with Gasteiger partial charge in [0.25, 0.3) is 0 Å². The molecule has 0 fully saturated rings. The van der Waals surface area contributed by atoms with Crippen molar-refractivity contribution in [1.82, 2.24) is 14.9 Å². The Hall–Kier alpha value is -0.950. The van der Waals surface area contributed by atoms with Crippen LogP contribution in [0.25, 0.3) is 0 Å². The first-order chi connectivity index (χ1) is 9.92. The lowest BCUT2D eigenvalue weighted by Crippen LogP contribution is -2.33. The van der Waals surface area contributed by atoms with Gasteiger partial charge < -0.3 is 10.2 Å². The van der Waals surface area contributed by atoms with Crippen molar-refractivity contribution in [3.05, 3.63) is 29.3 Å². The monoisotopic (exact) mass is 313 g/mol. The van der Waals surface area contributed by atoms with Gasteiger partial charge in [0, 0.05) is 19.6 Å². The van der Waals surface area contributed by atoms with Crippen molar-refractivity contribution in [2.24, 2.45) is 0 Å². The molecule has 1 aromatic rings. The summed E-state index contributed by atoms with van der Waals surface area (Å²) in [5.41, 5.74) is 1.83. The van der Waals surface area contributed by atoms with Crippen molar-refractivity contribution in [3.8, 4) is 0 Å². The molecule has 0 amide bonds. The molecule has 120 valence electrons. The number of benzene rings is 1. The lowest BCUT2D eigenvalue weighted by atomic mass is 10.1. The molecule has 0 saturated carbocycles. The molecule has 0 heterocycles. The van der Waals surface area contributed by atoms with Gasteiger partial charge in [0.1, 0.15) is 0 Å². The third-order valence-electron chi connectivity index (χ3n) is 3.58. The summed E-state index contributed by atoms with van der Waals surface area (Å²) in [6.07, 6.45) is 0. The van der Waals surface area contributed by atoms with Crippen molar-refractivity contribution in [2.75, 3.05) is 33.2 Å². The van der Waals surface area contributed by atoms with Crippen LogP contribution in [0.3, 0.4) is 0 Å². The van der Waals surface area contributed by atoms with Crippen molar-refractivity contribution >= 4 is 10.0 Å². The van der Waals surface area contributed by atoms with Gasteiger partial charge in [-0.1, -0.05) is 26.0 Å². The second kappa shape index (κ2) is 8.48. The highest BCUT2D eigenvalue weighted by Crippen LogP contribution is 2.18. The maximum absolute atomic E-state index is 12.4. The fourth-order valence-corrected chi connectivity index (χ4v) is 3.32. The summed E-state index contributed by atoms with van der Waals surface area (Å²) in [5.74, 6) is 0. The Balaban J connectivity index is 2.83. The molecule has 0 saturated heterocycles. The summed E-state index contributed by atoms with van der Waals surface area (Å²) < 4.78 is 27.5. The van der Waals surface area contributed by atoms with Crippen molar-refractivity contribution in [3.63, 3.8) is 0 Å². The molecule has 0 spiro atoms. The highest BCUT2D eigenvalue weighted by atomic mass is 32.2. The Bertz CT molecular complexity index is 544. The molecular formula is C15H27N3O2S. The molecule has 0 aromatic heterocycles. The van der Waals surface area contributed by atoms with Crippen LogP contribution in [0.5, 0.6) is 0 Å². The highest BCUT2D eigenvalue weighted by molar-refractivity contribution is 7.89. The van der Waals surface area contributed by atoms with Gasteiger partial charge in [-0.15, -0.1) is 0 Å².